The molecule has 0 aliphatic carbocycles. The van der Waals surface area contributed by atoms with Crippen LogP contribution in [0.3, 0.4) is 0 Å². The molecule has 0 heterocycles. The van der Waals surface area contributed by atoms with Crippen LogP contribution in [0.15, 0.2) is 24.3 Å². The Morgan fingerprint density at radius 1 is 1.37 bits per heavy atom. The number of benzene rings is 1. The number of nitrogens with zero attached hydrogens (tertiary/aromatic N) is 1. The maximum absolute atomic E-state index is 11.8. The summed E-state index contributed by atoms with van der Waals surface area (Å²) in [5.41, 5.74) is -0.0257. The van der Waals surface area contributed by atoms with Crippen LogP contribution in [0.2, 0.25) is 0 Å². The van der Waals surface area contributed by atoms with Crippen LogP contribution in [0.1, 0.15) is 25.8 Å². The molecule has 0 saturated carbocycles. The molecule has 1 unspecified atom stereocenters. The molecule has 0 bridgehead atoms. The first kappa shape index (κ1) is 15.0. The molecule has 1 aromatic carbocycles. The van der Waals surface area contributed by atoms with Crippen LogP contribution in [-0.4, -0.2) is 19.7 Å². The summed E-state index contributed by atoms with van der Waals surface area (Å²) in [6, 6.07) is 9.65. The molecular formula is C15H19NO3. The van der Waals surface area contributed by atoms with Crippen LogP contribution in [0.5, 0.6) is 5.75 Å². The fraction of sp³-hybridized carbons (Fsp3) is 0.467. The summed E-state index contributed by atoms with van der Waals surface area (Å²) in [6.45, 7) is 3.65. The Bertz CT molecular complexity index is 461. The van der Waals surface area contributed by atoms with Crippen LogP contribution in [0.25, 0.3) is 0 Å². The quantitative estimate of drug-likeness (QED) is 0.739. The zero-order valence-corrected chi connectivity index (χ0v) is 11.6. The van der Waals surface area contributed by atoms with Gasteiger partial charge in [0, 0.05) is 0 Å². The van der Waals surface area contributed by atoms with Gasteiger partial charge in [0.15, 0.2) is 5.41 Å². The van der Waals surface area contributed by atoms with E-state index in [0.29, 0.717) is 19.4 Å². The zero-order valence-electron chi connectivity index (χ0n) is 11.6. The molecule has 0 fully saturated rings. The van der Waals surface area contributed by atoms with E-state index >= 15 is 0 Å². The molecule has 19 heavy (non-hydrogen) atoms. The fourth-order valence-electron chi connectivity index (χ4n) is 1.68. The Labute approximate surface area is 113 Å². The predicted octanol–water partition coefficient (Wildman–Crippen LogP) is 2.72. The van der Waals surface area contributed by atoms with Gasteiger partial charge in [-0.15, -0.1) is 0 Å². The number of carbonyl (C=O) groups is 1. The lowest BCUT2D eigenvalue weighted by Gasteiger charge is -2.19. The summed E-state index contributed by atoms with van der Waals surface area (Å²) >= 11 is 0. The molecule has 1 atom stereocenters. The SMILES string of the molecule is CCOC(=O)C(C)(C#N)CCc1ccc(OC)cc1. The van der Waals surface area contributed by atoms with Crippen molar-refractivity contribution in [3.05, 3.63) is 29.8 Å². The van der Waals surface area contributed by atoms with Crippen molar-refractivity contribution in [1.82, 2.24) is 0 Å². The summed E-state index contributed by atoms with van der Waals surface area (Å²) in [5.74, 6) is 0.336. The maximum atomic E-state index is 11.8. The molecule has 0 amide bonds. The molecule has 0 saturated heterocycles. The number of nitriles is 1. The van der Waals surface area contributed by atoms with Crippen molar-refractivity contribution in [1.29, 1.82) is 5.26 Å². The van der Waals surface area contributed by atoms with E-state index < -0.39 is 11.4 Å². The van der Waals surface area contributed by atoms with Crippen LogP contribution < -0.4 is 4.74 Å². The Morgan fingerprint density at radius 3 is 2.47 bits per heavy atom. The van der Waals surface area contributed by atoms with Crippen molar-refractivity contribution in [2.45, 2.75) is 26.7 Å². The third kappa shape index (κ3) is 3.99. The molecule has 1 rings (SSSR count). The van der Waals surface area contributed by atoms with Gasteiger partial charge in [-0.05, 0) is 44.4 Å². The number of hydrogen-bond donors (Lipinski definition) is 0. The van der Waals surface area contributed by atoms with E-state index in [9.17, 15) is 10.1 Å². The molecule has 0 N–H and O–H groups in total. The molecule has 4 heteroatoms. The zero-order chi connectivity index (χ0) is 14.3. The van der Waals surface area contributed by atoms with E-state index in [-0.39, 0.29) is 0 Å². The average molecular weight is 261 g/mol. The van der Waals surface area contributed by atoms with Crippen LogP contribution >= 0.6 is 0 Å². The molecule has 0 aliphatic rings. The van der Waals surface area contributed by atoms with E-state index in [4.69, 9.17) is 9.47 Å². The topological polar surface area (TPSA) is 59.3 Å². The highest BCUT2D eigenvalue weighted by Crippen LogP contribution is 2.25. The number of rotatable bonds is 6. The summed E-state index contributed by atoms with van der Waals surface area (Å²) in [6.07, 6.45) is 1.08. The van der Waals surface area contributed by atoms with Gasteiger partial charge in [0.1, 0.15) is 5.75 Å². The minimum absolute atomic E-state index is 0.290. The van der Waals surface area contributed by atoms with Crippen molar-refractivity contribution in [2.75, 3.05) is 13.7 Å². The van der Waals surface area contributed by atoms with Crippen LogP contribution in [-0.2, 0) is 16.0 Å². The van der Waals surface area contributed by atoms with Crippen LogP contribution in [0, 0.1) is 16.7 Å². The second-order valence-electron chi connectivity index (χ2n) is 4.51. The monoisotopic (exact) mass is 261 g/mol. The molecule has 1 aromatic rings. The fourth-order valence-corrected chi connectivity index (χ4v) is 1.68. The Hall–Kier alpha value is -2.02. The van der Waals surface area contributed by atoms with Crippen molar-refractivity contribution >= 4 is 5.97 Å². The predicted molar refractivity (Wildman–Crippen MR) is 71.7 cm³/mol. The molecule has 0 radical (unpaired) electrons. The van der Waals surface area contributed by atoms with Gasteiger partial charge in [-0.1, -0.05) is 12.1 Å². The lowest BCUT2D eigenvalue weighted by molar-refractivity contribution is -0.151. The molecule has 4 nitrogen and oxygen atoms in total. The molecule has 0 aromatic heterocycles. The number of ether oxygens (including phenoxy) is 2. The third-order valence-electron chi connectivity index (χ3n) is 3.05. The Morgan fingerprint density at radius 2 is 2.00 bits per heavy atom. The lowest BCUT2D eigenvalue weighted by atomic mass is 9.85. The third-order valence-corrected chi connectivity index (χ3v) is 3.05. The Kier molecular flexibility index (Phi) is 5.37. The normalized spacial score (nSPS) is 13.2. The largest absolute Gasteiger partial charge is 0.497 e. The maximum Gasteiger partial charge on any atom is 0.326 e. The summed E-state index contributed by atoms with van der Waals surface area (Å²) in [5, 5.41) is 9.17. The molecule has 102 valence electrons. The van der Waals surface area contributed by atoms with Gasteiger partial charge in [0.25, 0.3) is 0 Å². The minimum atomic E-state index is -1.09. The van der Waals surface area contributed by atoms with Crippen molar-refractivity contribution in [3.63, 3.8) is 0 Å². The first-order valence-corrected chi connectivity index (χ1v) is 6.27. The Balaban J connectivity index is 2.67. The summed E-state index contributed by atoms with van der Waals surface area (Å²) in [7, 11) is 1.61. The van der Waals surface area contributed by atoms with Crippen molar-refractivity contribution in [3.8, 4) is 11.8 Å². The van der Waals surface area contributed by atoms with Crippen molar-refractivity contribution in [2.24, 2.45) is 5.41 Å². The van der Waals surface area contributed by atoms with E-state index in [1.165, 1.54) is 0 Å². The van der Waals surface area contributed by atoms with E-state index in [2.05, 4.69) is 6.07 Å². The number of esters is 1. The highest BCUT2D eigenvalue weighted by molar-refractivity contribution is 5.79. The first-order valence-electron chi connectivity index (χ1n) is 6.27. The lowest BCUT2D eigenvalue weighted by Crippen LogP contribution is -2.29. The van der Waals surface area contributed by atoms with E-state index in [1.54, 1.807) is 21.0 Å². The van der Waals surface area contributed by atoms with Crippen molar-refractivity contribution < 1.29 is 14.3 Å². The van der Waals surface area contributed by atoms with Gasteiger partial charge >= 0.3 is 5.97 Å². The first-order chi connectivity index (χ1) is 9.05. The summed E-state index contributed by atoms with van der Waals surface area (Å²) < 4.78 is 10.0. The van der Waals surface area contributed by atoms with E-state index in [1.807, 2.05) is 24.3 Å². The molecule has 0 aliphatic heterocycles. The smallest absolute Gasteiger partial charge is 0.326 e. The number of hydrogen-bond acceptors (Lipinski definition) is 4. The molecular weight excluding hydrogens is 242 g/mol. The van der Waals surface area contributed by atoms with Gasteiger partial charge in [-0.3, -0.25) is 4.79 Å². The second-order valence-corrected chi connectivity index (χ2v) is 4.51. The number of methoxy groups -OCH3 is 1. The van der Waals surface area contributed by atoms with E-state index in [0.717, 1.165) is 11.3 Å². The van der Waals surface area contributed by atoms with Gasteiger partial charge in [-0.2, -0.15) is 5.26 Å². The van der Waals surface area contributed by atoms with Gasteiger partial charge in [-0.25, -0.2) is 0 Å². The van der Waals surface area contributed by atoms with Gasteiger partial charge < -0.3 is 9.47 Å². The second kappa shape index (κ2) is 6.79. The minimum Gasteiger partial charge on any atom is -0.497 e. The highest BCUT2D eigenvalue weighted by atomic mass is 16.5. The van der Waals surface area contributed by atoms with Gasteiger partial charge in [0.2, 0.25) is 0 Å². The summed E-state index contributed by atoms with van der Waals surface area (Å²) in [4.78, 5) is 11.8. The highest BCUT2D eigenvalue weighted by Gasteiger charge is 2.34. The standard InChI is InChI=1S/C15H19NO3/c1-4-19-14(17)15(2,11-16)10-9-12-5-7-13(18-3)8-6-12/h5-8H,4,9-10H2,1-3H3. The van der Waals surface area contributed by atoms with Crippen LogP contribution in [0.4, 0.5) is 0 Å². The number of aryl methyl sites for hydroxylation is 1. The molecule has 0 spiro atoms. The average Bonchev–Trinajstić information content (AvgIpc) is 2.45. The number of carbonyl (C=O) groups excluding carboxylic acids is 1. The van der Waals surface area contributed by atoms with Gasteiger partial charge in [0.05, 0.1) is 19.8 Å².